The molecule has 0 spiro atoms. The molecule has 4 heteroatoms. The van der Waals surface area contributed by atoms with Gasteiger partial charge in [-0.05, 0) is 30.5 Å². The van der Waals surface area contributed by atoms with E-state index in [1.54, 1.807) is 6.33 Å². The Labute approximate surface area is 101 Å². The number of benzene rings is 1. The minimum absolute atomic E-state index is 0.0597. The minimum Gasteiger partial charge on any atom is -0.340 e. The molecule has 1 heterocycles. The van der Waals surface area contributed by atoms with Gasteiger partial charge in [0, 0.05) is 13.2 Å². The van der Waals surface area contributed by atoms with E-state index in [1.165, 1.54) is 11.1 Å². The average molecular weight is 230 g/mol. The Balaban J connectivity index is 2.38. The number of aromatic nitrogens is 2. The molecule has 0 aliphatic carbocycles. The number of hydrogen-bond acceptors (Lipinski definition) is 3. The van der Waals surface area contributed by atoms with Crippen molar-refractivity contribution in [2.24, 2.45) is 12.9 Å². The van der Waals surface area contributed by atoms with Gasteiger partial charge in [0.2, 0.25) is 0 Å². The first-order chi connectivity index (χ1) is 8.11. The maximum Gasteiger partial charge on any atom is 0.0947 e. The lowest BCUT2D eigenvalue weighted by atomic mass is 10.00. The van der Waals surface area contributed by atoms with Crippen molar-refractivity contribution >= 4 is 0 Å². The van der Waals surface area contributed by atoms with Crippen LogP contribution >= 0.6 is 0 Å². The number of hydrogen-bond donors (Lipinski definition) is 2. The number of nitrogens with zero attached hydrogens (tertiary/aromatic N) is 2. The fraction of sp³-hybridized carbons (Fsp3) is 0.308. The van der Waals surface area contributed by atoms with Crippen molar-refractivity contribution in [1.29, 1.82) is 0 Å². The third kappa shape index (κ3) is 2.38. The Morgan fingerprint density at radius 2 is 2.06 bits per heavy atom. The topological polar surface area (TPSA) is 55.9 Å². The van der Waals surface area contributed by atoms with Crippen molar-refractivity contribution in [3.05, 3.63) is 53.1 Å². The monoisotopic (exact) mass is 230 g/mol. The lowest BCUT2D eigenvalue weighted by Gasteiger charge is -2.15. The van der Waals surface area contributed by atoms with Crippen LogP contribution in [0.3, 0.4) is 0 Å². The summed E-state index contributed by atoms with van der Waals surface area (Å²) in [6, 6.07) is 6.28. The first-order valence-corrected chi connectivity index (χ1v) is 5.63. The zero-order valence-corrected chi connectivity index (χ0v) is 10.4. The molecular formula is C13H18N4. The van der Waals surface area contributed by atoms with Gasteiger partial charge in [0.1, 0.15) is 0 Å². The highest BCUT2D eigenvalue weighted by Gasteiger charge is 2.15. The Morgan fingerprint density at radius 3 is 2.59 bits per heavy atom. The Morgan fingerprint density at radius 1 is 1.29 bits per heavy atom. The molecule has 0 aliphatic rings. The van der Waals surface area contributed by atoms with Gasteiger partial charge in [-0.15, -0.1) is 0 Å². The van der Waals surface area contributed by atoms with Crippen molar-refractivity contribution in [2.45, 2.75) is 19.9 Å². The normalized spacial score (nSPS) is 12.7. The van der Waals surface area contributed by atoms with Crippen molar-refractivity contribution in [1.82, 2.24) is 15.0 Å². The second-order valence-corrected chi connectivity index (χ2v) is 4.41. The smallest absolute Gasteiger partial charge is 0.0947 e. The summed E-state index contributed by atoms with van der Waals surface area (Å²) in [4.78, 5) is 4.34. The molecule has 0 amide bonds. The van der Waals surface area contributed by atoms with E-state index in [1.807, 2.05) is 17.8 Å². The van der Waals surface area contributed by atoms with E-state index in [-0.39, 0.29) is 6.04 Å². The van der Waals surface area contributed by atoms with Gasteiger partial charge in [-0.2, -0.15) is 0 Å². The molecule has 17 heavy (non-hydrogen) atoms. The molecule has 0 saturated carbocycles. The fourth-order valence-corrected chi connectivity index (χ4v) is 1.88. The van der Waals surface area contributed by atoms with Crippen molar-refractivity contribution in [3.63, 3.8) is 0 Å². The molecule has 2 rings (SSSR count). The van der Waals surface area contributed by atoms with Crippen molar-refractivity contribution in [3.8, 4) is 0 Å². The quantitative estimate of drug-likeness (QED) is 0.622. The molecule has 1 atom stereocenters. The predicted molar refractivity (Wildman–Crippen MR) is 68.3 cm³/mol. The zero-order chi connectivity index (χ0) is 12.4. The van der Waals surface area contributed by atoms with E-state index in [0.29, 0.717) is 0 Å². The molecule has 0 fully saturated rings. The van der Waals surface area contributed by atoms with Gasteiger partial charge in [0.15, 0.2) is 0 Å². The third-order valence-electron chi connectivity index (χ3n) is 3.05. The molecule has 90 valence electrons. The summed E-state index contributed by atoms with van der Waals surface area (Å²) in [6.07, 6.45) is 3.75. The Hall–Kier alpha value is -1.65. The average Bonchev–Trinajstić information content (AvgIpc) is 2.71. The van der Waals surface area contributed by atoms with Gasteiger partial charge in [-0.1, -0.05) is 18.2 Å². The molecule has 1 aromatic heterocycles. The molecule has 0 aliphatic heterocycles. The van der Waals surface area contributed by atoms with Crippen molar-refractivity contribution in [2.75, 3.05) is 0 Å². The van der Waals surface area contributed by atoms with Crippen LogP contribution < -0.4 is 11.3 Å². The standard InChI is InChI=1S/C13H18N4/c1-9-4-5-11(6-10(9)2)13(16-14)12-7-17(3)8-15-12/h4-8,13,16H,14H2,1-3H3. The van der Waals surface area contributed by atoms with Crippen LogP contribution in [0.2, 0.25) is 0 Å². The van der Waals surface area contributed by atoms with E-state index in [0.717, 1.165) is 11.3 Å². The highest BCUT2D eigenvalue weighted by Crippen LogP contribution is 2.21. The van der Waals surface area contributed by atoms with Gasteiger partial charge in [0.25, 0.3) is 0 Å². The Kier molecular flexibility index (Phi) is 3.26. The molecule has 1 aromatic carbocycles. The summed E-state index contributed by atoms with van der Waals surface area (Å²) >= 11 is 0. The SMILES string of the molecule is Cc1ccc(C(NN)c2cn(C)cn2)cc1C. The number of rotatable bonds is 3. The van der Waals surface area contributed by atoms with Gasteiger partial charge in [0.05, 0.1) is 18.1 Å². The number of nitrogens with one attached hydrogen (secondary N) is 1. The van der Waals surface area contributed by atoms with Gasteiger partial charge in [-0.25, -0.2) is 10.4 Å². The molecule has 0 saturated heterocycles. The maximum absolute atomic E-state index is 5.63. The molecule has 0 radical (unpaired) electrons. The lowest BCUT2D eigenvalue weighted by Crippen LogP contribution is -2.29. The second kappa shape index (κ2) is 4.69. The van der Waals surface area contributed by atoms with Gasteiger partial charge >= 0.3 is 0 Å². The van der Waals surface area contributed by atoms with E-state index in [9.17, 15) is 0 Å². The van der Waals surface area contributed by atoms with Crippen LogP contribution in [0.15, 0.2) is 30.7 Å². The largest absolute Gasteiger partial charge is 0.340 e. The van der Waals surface area contributed by atoms with Crippen LogP contribution in [0.4, 0.5) is 0 Å². The summed E-state index contributed by atoms with van der Waals surface area (Å²) in [6.45, 7) is 4.20. The van der Waals surface area contributed by atoms with Crippen LogP contribution in [0.1, 0.15) is 28.4 Å². The highest BCUT2D eigenvalue weighted by atomic mass is 15.2. The van der Waals surface area contributed by atoms with Gasteiger partial charge < -0.3 is 4.57 Å². The van der Waals surface area contributed by atoms with E-state index >= 15 is 0 Å². The molecule has 3 N–H and O–H groups in total. The molecule has 4 nitrogen and oxygen atoms in total. The summed E-state index contributed by atoms with van der Waals surface area (Å²) < 4.78 is 1.92. The highest BCUT2D eigenvalue weighted by molar-refractivity contribution is 5.34. The molecule has 0 bridgehead atoms. The van der Waals surface area contributed by atoms with Crippen LogP contribution in [-0.2, 0) is 7.05 Å². The summed E-state index contributed by atoms with van der Waals surface area (Å²) in [5.41, 5.74) is 7.43. The lowest BCUT2D eigenvalue weighted by molar-refractivity contribution is 0.622. The van der Waals surface area contributed by atoms with Crippen LogP contribution in [-0.4, -0.2) is 9.55 Å². The van der Waals surface area contributed by atoms with Crippen molar-refractivity contribution < 1.29 is 0 Å². The van der Waals surface area contributed by atoms with Crippen LogP contribution in [0.5, 0.6) is 0 Å². The molecule has 2 aromatic rings. The predicted octanol–water partition coefficient (Wildman–Crippen LogP) is 1.59. The fourth-order valence-electron chi connectivity index (χ4n) is 1.88. The molecule has 1 unspecified atom stereocenters. The number of imidazole rings is 1. The maximum atomic E-state index is 5.63. The summed E-state index contributed by atoms with van der Waals surface area (Å²) in [7, 11) is 1.95. The number of aryl methyl sites for hydroxylation is 3. The number of hydrazine groups is 1. The molecular weight excluding hydrogens is 212 g/mol. The first-order valence-electron chi connectivity index (χ1n) is 5.63. The number of nitrogens with two attached hydrogens (primary N) is 1. The van der Waals surface area contributed by atoms with E-state index in [2.05, 4.69) is 42.5 Å². The Bertz CT molecular complexity index is 516. The summed E-state index contributed by atoms with van der Waals surface area (Å²) in [5, 5.41) is 0. The first kappa shape index (κ1) is 11.8. The third-order valence-corrected chi connectivity index (χ3v) is 3.05. The van der Waals surface area contributed by atoms with E-state index < -0.39 is 0 Å². The second-order valence-electron chi connectivity index (χ2n) is 4.41. The zero-order valence-electron chi connectivity index (χ0n) is 10.4. The van der Waals surface area contributed by atoms with Crippen LogP contribution in [0, 0.1) is 13.8 Å². The van der Waals surface area contributed by atoms with E-state index in [4.69, 9.17) is 5.84 Å². The van der Waals surface area contributed by atoms with Crippen LogP contribution in [0.25, 0.3) is 0 Å². The minimum atomic E-state index is -0.0597. The van der Waals surface area contributed by atoms with Gasteiger partial charge in [-0.3, -0.25) is 5.84 Å². The summed E-state index contributed by atoms with van der Waals surface area (Å²) in [5.74, 6) is 5.63.